The van der Waals surface area contributed by atoms with Crippen molar-refractivity contribution in [1.29, 1.82) is 0 Å². The molecule has 0 fully saturated rings. The van der Waals surface area contributed by atoms with Crippen LogP contribution in [0.3, 0.4) is 0 Å². The van der Waals surface area contributed by atoms with Crippen LogP contribution in [0.25, 0.3) is 0 Å². The Morgan fingerprint density at radius 3 is 2.67 bits per heavy atom. The standard InChI is InChI=1S/C13H16N4O/c1-9-8-15-13(17-14)16-12(9)18-10(2)11-6-4-3-5-7-11/h3-8,10H,14H2,1-2H3,(H,15,16,17). The summed E-state index contributed by atoms with van der Waals surface area (Å²) in [6.07, 6.45) is 1.60. The number of benzene rings is 1. The fourth-order valence-electron chi connectivity index (χ4n) is 1.57. The summed E-state index contributed by atoms with van der Waals surface area (Å²) >= 11 is 0. The van der Waals surface area contributed by atoms with Gasteiger partial charge in [0, 0.05) is 11.8 Å². The SMILES string of the molecule is Cc1cnc(NN)nc1OC(C)c1ccccc1. The summed E-state index contributed by atoms with van der Waals surface area (Å²) in [5.74, 6) is 6.16. The van der Waals surface area contributed by atoms with Crippen molar-refractivity contribution < 1.29 is 4.74 Å². The van der Waals surface area contributed by atoms with E-state index in [9.17, 15) is 0 Å². The molecule has 5 nitrogen and oxygen atoms in total. The van der Waals surface area contributed by atoms with E-state index < -0.39 is 0 Å². The van der Waals surface area contributed by atoms with Crippen LogP contribution in [-0.4, -0.2) is 9.97 Å². The lowest BCUT2D eigenvalue weighted by Crippen LogP contribution is -2.12. The second-order valence-corrected chi connectivity index (χ2v) is 4.00. The molecule has 5 heteroatoms. The zero-order valence-corrected chi connectivity index (χ0v) is 10.4. The summed E-state index contributed by atoms with van der Waals surface area (Å²) in [4.78, 5) is 8.20. The molecule has 0 amide bonds. The quantitative estimate of drug-likeness (QED) is 0.637. The number of aromatic nitrogens is 2. The zero-order chi connectivity index (χ0) is 13.0. The van der Waals surface area contributed by atoms with Crippen LogP contribution < -0.4 is 16.0 Å². The summed E-state index contributed by atoms with van der Waals surface area (Å²) in [6, 6.07) is 9.97. The van der Waals surface area contributed by atoms with Gasteiger partial charge in [-0.2, -0.15) is 4.98 Å². The molecule has 0 saturated heterocycles. The Morgan fingerprint density at radius 2 is 2.00 bits per heavy atom. The van der Waals surface area contributed by atoms with E-state index in [0.29, 0.717) is 11.8 Å². The van der Waals surface area contributed by atoms with Crippen LogP contribution in [0.4, 0.5) is 5.95 Å². The number of nitrogen functional groups attached to an aromatic ring is 1. The Balaban J connectivity index is 2.18. The largest absolute Gasteiger partial charge is 0.469 e. The highest BCUT2D eigenvalue weighted by molar-refractivity contribution is 5.32. The Kier molecular flexibility index (Phi) is 3.74. The predicted molar refractivity (Wildman–Crippen MR) is 70.1 cm³/mol. The van der Waals surface area contributed by atoms with Gasteiger partial charge in [-0.25, -0.2) is 10.8 Å². The van der Waals surface area contributed by atoms with Crippen molar-refractivity contribution in [1.82, 2.24) is 9.97 Å². The van der Waals surface area contributed by atoms with Crippen molar-refractivity contribution in [3.8, 4) is 5.88 Å². The van der Waals surface area contributed by atoms with Gasteiger partial charge in [-0.3, -0.25) is 5.43 Å². The lowest BCUT2D eigenvalue weighted by atomic mass is 10.1. The molecule has 2 aromatic rings. The molecule has 0 aliphatic rings. The van der Waals surface area contributed by atoms with Crippen LogP contribution in [0.5, 0.6) is 5.88 Å². The van der Waals surface area contributed by atoms with E-state index in [-0.39, 0.29) is 6.10 Å². The molecule has 0 aliphatic heterocycles. The lowest BCUT2D eigenvalue weighted by Gasteiger charge is -2.15. The fraction of sp³-hybridized carbons (Fsp3) is 0.231. The number of hydrazine groups is 1. The van der Waals surface area contributed by atoms with E-state index in [4.69, 9.17) is 10.6 Å². The second kappa shape index (κ2) is 5.46. The molecule has 1 atom stereocenters. The van der Waals surface area contributed by atoms with Crippen LogP contribution in [0.15, 0.2) is 36.5 Å². The zero-order valence-electron chi connectivity index (χ0n) is 10.4. The van der Waals surface area contributed by atoms with Crippen molar-refractivity contribution in [3.05, 3.63) is 47.7 Å². The predicted octanol–water partition coefficient (Wildman–Crippen LogP) is 2.21. The highest BCUT2D eigenvalue weighted by atomic mass is 16.5. The number of anilines is 1. The normalized spacial score (nSPS) is 11.9. The Hall–Kier alpha value is -2.14. The van der Waals surface area contributed by atoms with E-state index >= 15 is 0 Å². The van der Waals surface area contributed by atoms with Crippen LogP contribution in [-0.2, 0) is 0 Å². The smallest absolute Gasteiger partial charge is 0.240 e. The van der Waals surface area contributed by atoms with Crippen LogP contribution in [0, 0.1) is 6.92 Å². The van der Waals surface area contributed by atoms with Gasteiger partial charge in [0.25, 0.3) is 0 Å². The molecule has 1 heterocycles. The van der Waals surface area contributed by atoms with Gasteiger partial charge in [0.15, 0.2) is 0 Å². The third-order valence-corrected chi connectivity index (χ3v) is 2.61. The van der Waals surface area contributed by atoms with E-state index in [2.05, 4.69) is 15.4 Å². The monoisotopic (exact) mass is 244 g/mol. The minimum Gasteiger partial charge on any atom is -0.469 e. The van der Waals surface area contributed by atoms with Gasteiger partial charge >= 0.3 is 0 Å². The molecule has 0 aliphatic carbocycles. The van der Waals surface area contributed by atoms with Crippen molar-refractivity contribution >= 4 is 5.95 Å². The first-order chi connectivity index (χ1) is 8.70. The van der Waals surface area contributed by atoms with Gasteiger partial charge in [0.05, 0.1) is 0 Å². The van der Waals surface area contributed by atoms with Crippen molar-refractivity contribution in [2.75, 3.05) is 5.43 Å². The van der Waals surface area contributed by atoms with Crippen LogP contribution in [0.2, 0.25) is 0 Å². The number of hydrogen-bond acceptors (Lipinski definition) is 5. The van der Waals surface area contributed by atoms with Crippen molar-refractivity contribution in [2.24, 2.45) is 5.84 Å². The molecule has 0 bridgehead atoms. The fourth-order valence-corrected chi connectivity index (χ4v) is 1.57. The van der Waals surface area contributed by atoms with Gasteiger partial charge < -0.3 is 4.74 Å². The molecule has 18 heavy (non-hydrogen) atoms. The number of nitrogens with zero attached hydrogens (tertiary/aromatic N) is 2. The summed E-state index contributed by atoms with van der Waals surface area (Å²) < 4.78 is 5.83. The number of nitrogens with one attached hydrogen (secondary N) is 1. The van der Waals surface area contributed by atoms with E-state index in [1.807, 2.05) is 44.2 Å². The highest BCUT2D eigenvalue weighted by Crippen LogP contribution is 2.23. The molecule has 3 N–H and O–H groups in total. The Labute approximate surface area is 106 Å². The Morgan fingerprint density at radius 1 is 1.28 bits per heavy atom. The number of aryl methyl sites for hydroxylation is 1. The number of ether oxygens (including phenoxy) is 1. The number of rotatable bonds is 4. The minimum atomic E-state index is -0.0783. The average molecular weight is 244 g/mol. The molecule has 1 aromatic carbocycles. The second-order valence-electron chi connectivity index (χ2n) is 4.00. The first-order valence-corrected chi connectivity index (χ1v) is 5.72. The summed E-state index contributed by atoms with van der Waals surface area (Å²) in [5.41, 5.74) is 4.37. The highest BCUT2D eigenvalue weighted by Gasteiger charge is 2.10. The minimum absolute atomic E-state index is 0.0783. The molecule has 2 rings (SSSR count). The summed E-state index contributed by atoms with van der Waals surface area (Å²) in [6.45, 7) is 3.87. The van der Waals surface area contributed by atoms with Crippen molar-refractivity contribution in [3.63, 3.8) is 0 Å². The van der Waals surface area contributed by atoms with Gasteiger partial charge in [-0.05, 0) is 19.4 Å². The topological polar surface area (TPSA) is 73.1 Å². The van der Waals surface area contributed by atoms with Gasteiger partial charge in [0.2, 0.25) is 11.8 Å². The molecule has 0 spiro atoms. The maximum absolute atomic E-state index is 5.83. The maximum atomic E-state index is 5.83. The van der Waals surface area contributed by atoms with Gasteiger partial charge in [0.1, 0.15) is 6.10 Å². The first-order valence-electron chi connectivity index (χ1n) is 5.72. The van der Waals surface area contributed by atoms with Crippen LogP contribution in [0.1, 0.15) is 24.2 Å². The molecular formula is C13H16N4O. The molecule has 94 valence electrons. The Bertz CT molecular complexity index is 516. The molecule has 0 saturated carbocycles. The van der Waals surface area contributed by atoms with E-state index in [1.165, 1.54) is 0 Å². The summed E-state index contributed by atoms with van der Waals surface area (Å²) in [5, 5.41) is 0. The average Bonchev–Trinajstić information content (AvgIpc) is 2.42. The number of hydrogen-bond donors (Lipinski definition) is 2. The first kappa shape index (κ1) is 12.3. The summed E-state index contributed by atoms with van der Waals surface area (Å²) in [7, 11) is 0. The molecule has 1 aromatic heterocycles. The van der Waals surface area contributed by atoms with Gasteiger partial charge in [-0.15, -0.1) is 0 Å². The molecule has 0 radical (unpaired) electrons. The molecule has 1 unspecified atom stereocenters. The van der Waals surface area contributed by atoms with E-state index in [0.717, 1.165) is 11.1 Å². The third kappa shape index (κ3) is 2.75. The number of nitrogens with two attached hydrogens (primary N) is 1. The maximum Gasteiger partial charge on any atom is 0.240 e. The van der Waals surface area contributed by atoms with Crippen LogP contribution >= 0.6 is 0 Å². The van der Waals surface area contributed by atoms with Crippen molar-refractivity contribution in [2.45, 2.75) is 20.0 Å². The van der Waals surface area contributed by atoms with E-state index in [1.54, 1.807) is 6.20 Å². The van der Waals surface area contributed by atoms with Gasteiger partial charge in [-0.1, -0.05) is 30.3 Å². The third-order valence-electron chi connectivity index (χ3n) is 2.61. The molecular weight excluding hydrogens is 228 g/mol. The lowest BCUT2D eigenvalue weighted by molar-refractivity contribution is 0.215.